The number of hydrogen-bond donors (Lipinski definition) is 0. The Hall–Kier alpha value is -0.380. The van der Waals surface area contributed by atoms with Crippen molar-refractivity contribution in [1.29, 1.82) is 0 Å². The van der Waals surface area contributed by atoms with E-state index >= 15 is 0 Å². The van der Waals surface area contributed by atoms with Crippen molar-refractivity contribution in [3.8, 4) is 5.75 Å². The fourth-order valence-electron chi connectivity index (χ4n) is 1.76. The van der Waals surface area contributed by atoms with Gasteiger partial charge < -0.3 is 9.29 Å². The van der Waals surface area contributed by atoms with Crippen LogP contribution in [-0.2, 0) is 11.2 Å². The third-order valence-electron chi connectivity index (χ3n) is 2.80. The van der Waals surface area contributed by atoms with E-state index in [1.165, 1.54) is 19.3 Å². The molecule has 2 nitrogen and oxygen atoms in total. The zero-order valence-corrected chi connectivity index (χ0v) is 13.4. The molecule has 0 aliphatic heterocycles. The van der Waals surface area contributed by atoms with Gasteiger partial charge in [0.05, 0.1) is 11.6 Å². The van der Waals surface area contributed by atoms with Crippen molar-refractivity contribution in [2.24, 2.45) is 0 Å². The van der Waals surface area contributed by atoms with E-state index in [9.17, 15) is 4.55 Å². The van der Waals surface area contributed by atoms with E-state index in [1.54, 1.807) is 6.07 Å². The molecule has 1 aromatic carbocycles. The molecular weight excluding hydrogens is 280 g/mol. The molecule has 0 radical (unpaired) electrons. The zero-order valence-electron chi connectivity index (χ0n) is 11.8. The molecule has 1 unspecified atom stereocenters. The van der Waals surface area contributed by atoms with Crippen LogP contribution in [0.15, 0.2) is 23.1 Å². The molecule has 0 saturated carbocycles. The Bertz CT molecular complexity index is 371. The van der Waals surface area contributed by atoms with Crippen LogP contribution in [0.4, 0.5) is 0 Å². The van der Waals surface area contributed by atoms with Gasteiger partial charge in [0.25, 0.3) is 0 Å². The van der Waals surface area contributed by atoms with E-state index < -0.39 is 11.2 Å². The van der Waals surface area contributed by atoms with E-state index in [0.717, 1.165) is 18.6 Å². The quantitative estimate of drug-likeness (QED) is 0.484. The molecule has 4 heteroatoms. The maximum atomic E-state index is 12.0. The molecule has 0 bridgehead atoms. The van der Waals surface area contributed by atoms with Crippen molar-refractivity contribution in [3.05, 3.63) is 23.2 Å². The number of ether oxygens (including phenoxy) is 1. The van der Waals surface area contributed by atoms with Gasteiger partial charge in [-0.2, -0.15) is 0 Å². The van der Waals surface area contributed by atoms with E-state index in [1.807, 2.05) is 19.1 Å². The maximum absolute atomic E-state index is 12.0. The molecule has 0 spiro atoms. The van der Waals surface area contributed by atoms with Gasteiger partial charge in [0.2, 0.25) is 0 Å². The standard InChI is InChI=1S/C15H23ClO2S/c1-3-5-6-7-10-18-13-8-9-14(16)15(12-13)19(17)11-4-2/h8-9,12H,3-7,10-11H2,1-2H3. The van der Waals surface area contributed by atoms with Gasteiger partial charge in [-0.25, -0.2) is 0 Å². The third-order valence-corrected chi connectivity index (χ3v) is 4.85. The number of unbranched alkanes of at least 4 members (excludes halogenated alkanes) is 3. The van der Waals surface area contributed by atoms with Crippen molar-refractivity contribution >= 4 is 22.8 Å². The van der Waals surface area contributed by atoms with Crippen LogP contribution < -0.4 is 4.74 Å². The fraction of sp³-hybridized carbons (Fsp3) is 0.600. The first kappa shape index (κ1) is 16.7. The molecule has 19 heavy (non-hydrogen) atoms. The molecule has 0 saturated heterocycles. The van der Waals surface area contributed by atoms with Crippen molar-refractivity contribution in [2.75, 3.05) is 12.4 Å². The molecule has 1 aromatic rings. The Balaban J connectivity index is 2.53. The van der Waals surface area contributed by atoms with E-state index in [2.05, 4.69) is 6.92 Å². The number of rotatable bonds is 9. The first-order chi connectivity index (χ1) is 9.19. The summed E-state index contributed by atoms with van der Waals surface area (Å²) in [6.07, 6.45) is 5.60. The van der Waals surface area contributed by atoms with Gasteiger partial charge in [-0.05, 0) is 36.2 Å². The third kappa shape index (κ3) is 6.07. The van der Waals surface area contributed by atoms with Crippen LogP contribution in [0.5, 0.6) is 5.75 Å². The molecule has 1 atom stereocenters. The molecule has 108 valence electrons. The van der Waals surface area contributed by atoms with Gasteiger partial charge in [0.15, 0.2) is 4.90 Å². The summed E-state index contributed by atoms with van der Waals surface area (Å²) in [5, 5.41) is 0.560. The number of hydrogen-bond acceptors (Lipinski definition) is 2. The molecule has 1 rings (SSSR count). The Labute approximate surface area is 124 Å². The van der Waals surface area contributed by atoms with Crippen LogP contribution in [0, 0.1) is 0 Å². The van der Waals surface area contributed by atoms with Crippen LogP contribution in [0.1, 0.15) is 46.0 Å². The lowest BCUT2D eigenvalue weighted by Crippen LogP contribution is -2.07. The molecule has 0 fully saturated rings. The summed E-state index contributed by atoms with van der Waals surface area (Å²) >= 11 is 5.05. The summed E-state index contributed by atoms with van der Waals surface area (Å²) in [6, 6.07) is 5.43. The fourth-order valence-corrected chi connectivity index (χ4v) is 3.26. The van der Waals surface area contributed by atoms with Gasteiger partial charge in [0.1, 0.15) is 11.5 Å². The molecular formula is C15H23ClO2S. The minimum absolute atomic E-state index is 0.560. The predicted molar refractivity (Wildman–Crippen MR) is 82.7 cm³/mol. The van der Waals surface area contributed by atoms with Crippen LogP contribution in [0.2, 0.25) is 5.02 Å². The summed E-state index contributed by atoms with van der Waals surface area (Å²) in [5.74, 6) is 1.40. The molecule has 0 amide bonds. The molecule has 0 aliphatic carbocycles. The summed E-state index contributed by atoms with van der Waals surface area (Å²) < 4.78 is 17.7. The van der Waals surface area contributed by atoms with Crippen molar-refractivity contribution in [1.82, 2.24) is 0 Å². The highest BCUT2D eigenvalue weighted by Crippen LogP contribution is 2.27. The summed E-state index contributed by atoms with van der Waals surface area (Å²) in [6.45, 7) is 4.91. The SMILES string of the molecule is CCCCCCOc1ccc(Cl)c([S+]([O-])CCC)c1. The Morgan fingerprint density at radius 3 is 2.63 bits per heavy atom. The van der Waals surface area contributed by atoms with Crippen molar-refractivity contribution in [3.63, 3.8) is 0 Å². The molecule has 0 aromatic heterocycles. The van der Waals surface area contributed by atoms with E-state index in [-0.39, 0.29) is 0 Å². The first-order valence-electron chi connectivity index (χ1n) is 6.99. The highest BCUT2D eigenvalue weighted by atomic mass is 35.5. The molecule has 0 heterocycles. The highest BCUT2D eigenvalue weighted by Gasteiger charge is 2.15. The Kier molecular flexibility index (Phi) is 8.35. The molecule has 0 aliphatic rings. The second kappa shape index (κ2) is 9.51. The van der Waals surface area contributed by atoms with Crippen LogP contribution in [-0.4, -0.2) is 16.9 Å². The minimum Gasteiger partial charge on any atom is -0.611 e. The topological polar surface area (TPSA) is 32.3 Å². The summed E-state index contributed by atoms with van der Waals surface area (Å²) in [5.41, 5.74) is 0. The van der Waals surface area contributed by atoms with E-state index in [4.69, 9.17) is 16.3 Å². The van der Waals surface area contributed by atoms with Gasteiger partial charge in [0, 0.05) is 6.07 Å². The van der Waals surface area contributed by atoms with Crippen LogP contribution in [0.25, 0.3) is 0 Å². The minimum atomic E-state index is -1.03. The monoisotopic (exact) mass is 302 g/mol. The largest absolute Gasteiger partial charge is 0.611 e. The Morgan fingerprint density at radius 2 is 1.95 bits per heavy atom. The predicted octanol–water partition coefficient (Wildman–Crippen LogP) is 4.82. The van der Waals surface area contributed by atoms with Crippen LogP contribution in [0.3, 0.4) is 0 Å². The second-order valence-corrected chi connectivity index (χ2v) is 6.50. The first-order valence-corrected chi connectivity index (χ1v) is 8.69. The number of benzene rings is 1. The van der Waals surface area contributed by atoms with E-state index in [0.29, 0.717) is 22.3 Å². The normalized spacial score (nSPS) is 12.4. The lowest BCUT2D eigenvalue weighted by molar-refractivity contribution is 0.304. The van der Waals surface area contributed by atoms with Crippen molar-refractivity contribution < 1.29 is 9.29 Å². The zero-order chi connectivity index (χ0) is 14.1. The van der Waals surface area contributed by atoms with Gasteiger partial charge in [-0.3, -0.25) is 0 Å². The molecule has 0 N–H and O–H groups in total. The van der Waals surface area contributed by atoms with Gasteiger partial charge in [-0.15, -0.1) is 0 Å². The smallest absolute Gasteiger partial charge is 0.174 e. The number of halogens is 1. The van der Waals surface area contributed by atoms with Crippen LogP contribution >= 0.6 is 11.6 Å². The summed E-state index contributed by atoms with van der Waals surface area (Å²) in [7, 11) is 0. The highest BCUT2D eigenvalue weighted by molar-refractivity contribution is 7.91. The lowest BCUT2D eigenvalue weighted by atomic mass is 10.2. The van der Waals surface area contributed by atoms with Gasteiger partial charge in [-0.1, -0.05) is 44.7 Å². The average Bonchev–Trinajstić information content (AvgIpc) is 2.40. The summed E-state index contributed by atoms with van der Waals surface area (Å²) in [4.78, 5) is 0.689. The van der Waals surface area contributed by atoms with Crippen molar-refractivity contribution in [2.45, 2.75) is 50.8 Å². The lowest BCUT2D eigenvalue weighted by Gasteiger charge is -2.12. The maximum Gasteiger partial charge on any atom is 0.174 e. The average molecular weight is 303 g/mol. The Morgan fingerprint density at radius 1 is 1.16 bits per heavy atom. The van der Waals surface area contributed by atoms with Gasteiger partial charge >= 0.3 is 0 Å². The second-order valence-electron chi connectivity index (χ2n) is 4.55.